The molecule has 1 atom stereocenters. The lowest BCUT2D eigenvalue weighted by Gasteiger charge is -2.28. The number of hydrogen-bond donors (Lipinski definition) is 2. The van der Waals surface area contributed by atoms with Gasteiger partial charge in [-0.1, -0.05) is 84.4 Å². The Morgan fingerprint density at radius 1 is 0.839 bits per heavy atom. The summed E-state index contributed by atoms with van der Waals surface area (Å²) in [7, 11) is 0. The molecule has 152 valence electrons. The maximum Gasteiger partial charge on any atom is 0.182 e. The van der Waals surface area contributed by atoms with E-state index in [1.165, 1.54) is 0 Å². The zero-order chi connectivity index (χ0) is 21.2. The summed E-state index contributed by atoms with van der Waals surface area (Å²) in [5.41, 5.74) is 3.83. The maximum absolute atomic E-state index is 6.11. The number of nitrogens with zero attached hydrogens (tertiary/aromatic N) is 3. The molecule has 2 N–H and O–H groups in total. The van der Waals surface area contributed by atoms with Gasteiger partial charge in [0, 0.05) is 22.3 Å². The second-order valence-electron chi connectivity index (χ2n) is 7.07. The van der Waals surface area contributed by atoms with E-state index in [1.807, 2.05) is 95.8 Å². The molecule has 1 aromatic heterocycles. The van der Waals surface area contributed by atoms with Crippen LogP contribution in [0.25, 0.3) is 28.5 Å². The van der Waals surface area contributed by atoms with Gasteiger partial charge in [0.05, 0.1) is 11.7 Å². The molecule has 0 saturated carbocycles. The van der Waals surface area contributed by atoms with Gasteiger partial charge < -0.3 is 10.6 Å². The normalized spacial score (nSPS) is 15.7. The van der Waals surface area contributed by atoms with E-state index in [2.05, 4.69) is 10.6 Å². The highest BCUT2D eigenvalue weighted by molar-refractivity contribution is 7.80. The summed E-state index contributed by atoms with van der Waals surface area (Å²) in [6.07, 6.45) is 1.88. The average Bonchev–Trinajstić information content (AvgIpc) is 3.26. The fourth-order valence-corrected chi connectivity index (χ4v) is 3.84. The number of halogens is 1. The van der Waals surface area contributed by atoms with E-state index in [0.717, 1.165) is 28.2 Å². The monoisotopic (exact) mass is 443 g/mol. The number of thiocarbonyl (C=S) groups is 1. The van der Waals surface area contributed by atoms with Gasteiger partial charge in [-0.25, -0.2) is 9.67 Å². The molecule has 0 fully saturated rings. The Morgan fingerprint density at radius 3 is 2.16 bits per heavy atom. The predicted octanol–water partition coefficient (Wildman–Crippen LogP) is 5.28. The van der Waals surface area contributed by atoms with Crippen molar-refractivity contribution < 1.29 is 0 Å². The van der Waals surface area contributed by atoms with E-state index < -0.39 is 0 Å². The average molecular weight is 444 g/mol. The topological polar surface area (TPSA) is 54.8 Å². The van der Waals surface area contributed by atoms with Crippen LogP contribution in [0.15, 0.2) is 91.1 Å². The molecule has 0 saturated heterocycles. The molecule has 0 aliphatic carbocycles. The minimum Gasteiger partial charge on any atom is -0.350 e. The maximum atomic E-state index is 6.11. The number of nitrogens with one attached hydrogen (secondary N) is 2. The van der Waals surface area contributed by atoms with Gasteiger partial charge in [0.2, 0.25) is 0 Å². The summed E-state index contributed by atoms with van der Waals surface area (Å²) in [6.45, 7) is 0. The molecule has 1 aliphatic rings. The molecular formula is C24H18ClN5S. The van der Waals surface area contributed by atoms with Gasteiger partial charge in [-0.05, 0) is 29.9 Å². The highest BCUT2D eigenvalue weighted by Gasteiger charge is 2.27. The molecule has 1 unspecified atom stereocenters. The summed E-state index contributed by atoms with van der Waals surface area (Å²) in [4.78, 5) is 4.89. The molecule has 0 radical (unpaired) electrons. The summed E-state index contributed by atoms with van der Waals surface area (Å²) in [5, 5.41) is 12.6. The molecule has 2 heterocycles. The molecular weight excluding hydrogens is 426 g/mol. The first kappa shape index (κ1) is 19.5. The predicted molar refractivity (Wildman–Crippen MR) is 128 cm³/mol. The minimum atomic E-state index is -0.209. The van der Waals surface area contributed by atoms with Crippen LogP contribution in [0.5, 0.6) is 0 Å². The molecule has 3 aromatic carbocycles. The fourth-order valence-electron chi connectivity index (χ4n) is 3.54. The summed E-state index contributed by atoms with van der Waals surface area (Å²) >= 11 is 11.5. The molecule has 0 bridgehead atoms. The van der Waals surface area contributed by atoms with E-state index in [1.54, 1.807) is 0 Å². The van der Waals surface area contributed by atoms with E-state index in [4.69, 9.17) is 33.9 Å². The van der Waals surface area contributed by atoms with E-state index in [0.29, 0.717) is 16.0 Å². The summed E-state index contributed by atoms with van der Waals surface area (Å²) in [5.74, 6) is 1.41. The van der Waals surface area contributed by atoms with Crippen molar-refractivity contribution in [3.8, 4) is 22.8 Å². The highest BCUT2D eigenvalue weighted by atomic mass is 35.5. The number of rotatable bonds is 4. The quantitative estimate of drug-likeness (QED) is 0.420. The first-order chi connectivity index (χ1) is 15.2. The van der Waals surface area contributed by atoms with Crippen LogP contribution in [0.3, 0.4) is 0 Å². The zero-order valence-corrected chi connectivity index (χ0v) is 17.9. The lowest BCUT2D eigenvalue weighted by Crippen LogP contribution is -2.41. The molecule has 31 heavy (non-hydrogen) atoms. The van der Waals surface area contributed by atoms with Crippen molar-refractivity contribution in [1.29, 1.82) is 0 Å². The van der Waals surface area contributed by atoms with Gasteiger partial charge in [-0.15, -0.1) is 5.10 Å². The Labute approximate surface area is 190 Å². The Bertz CT molecular complexity index is 1250. The van der Waals surface area contributed by atoms with Gasteiger partial charge in [0.25, 0.3) is 0 Å². The third kappa shape index (κ3) is 3.95. The molecule has 0 amide bonds. The number of hydrogen-bond acceptors (Lipinski definition) is 3. The third-order valence-electron chi connectivity index (χ3n) is 5.04. The van der Waals surface area contributed by atoms with Crippen molar-refractivity contribution in [2.24, 2.45) is 0 Å². The van der Waals surface area contributed by atoms with Crippen LogP contribution in [0, 0.1) is 0 Å². The van der Waals surface area contributed by atoms with Crippen molar-refractivity contribution in [3.05, 3.63) is 102 Å². The van der Waals surface area contributed by atoms with Crippen LogP contribution < -0.4 is 10.6 Å². The smallest absolute Gasteiger partial charge is 0.182 e. The zero-order valence-electron chi connectivity index (χ0n) is 16.4. The fraction of sp³-hybridized carbons (Fsp3) is 0.0417. The lowest BCUT2D eigenvalue weighted by molar-refractivity contribution is 0.707. The van der Waals surface area contributed by atoms with Crippen LogP contribution >= 0.6 is 23.8 Å². The Kier molecular flexibility index (Phi) is 5.24. The van der Waals surface area contributed by atoms with Gasteiger partial charge in [0.1, 0.15) is 0 Å². The first-order valence-electron chi connectivity index (χ1n) is 9.80. The van der Waals surface area contributed by atoms with Gasteiger partial charge in [-0.3, -0.25) is 0 Å². The number of aromatic nitrogens is 3. The molecule has 0 spiro atoms. The van der Waals surface area contributed by atoms with Crippen LogP contribution in [0.4, 0.5) is 0 Å². The van der Waals surface area contributed by atoms with Crippen molar-refractivity contribution in [2.45, 2.75) is 6.04 Å². The Morgan fingerprint density at radius 2 is 1.48 bits per heavy atom. The molecule has 4 aromatic rings. The number of benzene rings is 3. The minimum absolute atomic E-state index is 0.209. The lowest BCUT2D eigenvalue weighted by atomic mass is 10.0. The first-order valence-corrected chi connectivity index (χ1v) is 10.6. The molecule has 5 rings (SSSR count). The van der Waals surface area contributed by atoms with E-state index in [9.17, 15) is 0 Å². The third-order valence-corrected chi connectivity index (χ3v) is 5.53. The summed E-state index contributed by atoms with van der Waals surface area (Å²) < 4.78 is 1.87. The van der Waals surface area contributed by atoms with E-state index >= 15 is 0 Å². The largest absolute Gasteiger partial charge is 0.350 e. The summed E-state index contributed by atoms with van der Waals surface area (Å²) in [6, 6.07) is 27.5. The standard InChI is InChI=1S/C24H18ClN5S/c25-19-13-11-16(12-14-19)21-20(15-26-24(31)27-21)30-23(18-9-5-2-6-10-18)28-22(29-30)17-7-3-1-4-8-17/h1-15,21H,(H2,26,27,31). The van der Waals surface area contributed by atoms with Crippen molar-refractivity contribution in [2.75, 3.05) is 0 Å². The van der Waals surface area contributed by atoms with Gasteiger partial charge in [-0.2, -0.15) is 0 Å². The van der Waals surface area contributed by atoms with Gasteiger partial charge >= 0.3 is 0 Å². The van der Waals surface area contributed by atoms with Crippen molar-refractivity contribution in [3.63, 3.8) is 0 Å². The van der Waals surface area contributed by atoms with E-state index in [-0.39, 0.29) is 6.04 Å². The van der Waals surface area contributed by atoms with Crippen molar-refractivity contribution in [1.82, 2.24) is 25.4 Å². The van der Waals surface area contributed by atoms with Crippen molar-refractivity contribution >= 4 is 34.6 Å². The molecule has 1 aliphatic heterocycles. The van der Waals surface area contributed by atoms with Crippen LogP contribution in [-0.4, -0.2) is 19.9 Å². The second-order valence-corrected chi connectivity index (χ2v) is 7.92. The van der Waals surface area contributed by atoms with Crippen LogP contribution in [-0.2, 0) is 0 Å². The molecule has 5 nitrogen and oxygen atoms in total. The van der Waals surface area contributed by atoms with Gasteiger partial charge in [0.15, 0.2) is 16.8 Å². The molecule has 7 heteroatoms. The highest BCUT2D eigenvalue weighted by Crippen LogP contribution is 2.32. The Balaban J connectivity index is 1.67. The second kappa shape index (κ2) is 8.34. The van der Waals surface area contributed by atoms with Crippen LogP contribution in [0.2, 0.25) is 5.02 Å². The van der Waals surface area contributed by atoms with Crippen LogP contribution in [0.1, 0.15) is 11.6 Å². The Hall–Kier alpha value is -3.48. The SMILES string of the molecule is S=C1NC=C(n2nc(-c3ccccc3)nc2-c2ccccc2)C(c2ccc(Cl)cc2)N1.